The number of hydrogen-bond donors (Lipinski definition) is 2. The third-order valence-electron chi connectivity index (χ3n) is 3.64. The maximum Gasteiger partial charge on any atom is 0.320 e. The van der Waals surface area contributed by atoms with E-state index in [-0.39, 0.29) is 0 Å². The quantitative estimate of drug-likeness (QED) is 0.771. The van der Waals surface area contributed by atoms with Gasteiger partial charge in [0.25, 0.3) is 0 Å². The zero-order valence-electron chi connectivity index (χ0n) is 13.6. The molecule has 1 aromatic heterocycles. The number of aryl methyl sites for hydroxylation is 1. The number of carbonyl (C=O) groups is 1. The van der Waals surface area contributed by atoms with Gasteiger partial charge in [-0.25, -0.2) is 4.68 Å². The Morgan fingerprint density at radius 1 is 1.35 bits per heavy atom. The predicted octanol–water partition coefficient (Wildman–Crippen LogP) is 3.53. The van der Waals surface area contributed by atoms with Gasteiger partial charge in [0.2, 0.25) is 0 Å². The van der Waals surface area contributed by atoms with Gasteiger partial charge >= 0.3 is 5.97 Å². The van der Waals surface area contributed by atoms with Crippen LogP contribution in [-0.2, 0) is 11.3 Å². The number of carboxylic acids is 1. The molecule has 0 aliphatic rings. The van der Waals surface area contributed by atoms with Gasteiger partial charge in [-0.3, -0.25) is 4.79 Å². The molecule has 2 aromatic rings. The number of halogens is 1. The molecule has 1 unspecified atom stereocenters. The van der Waals surface area contributed by atoms with E-state index in [0.717, 1.165) is 21.4 Å². The average molecular weight is 380 g/mol. The first-order valence-corrected chi connectivity index (χ1v) is 8.43. The molecule has 0 spiro atoms. The zero-order valence-corrected chi connectivity index (χ0v) is 15.2. The Balaban J connectivity index is 2.09. The van der Waals surface area contributed by atoms with Gasteiger partial charge in [-0.15, -0.1) is 0 Å². The van der Waals surface area contributed by atoms with Crippen molar-refractivity contribution in [1.82, 2.24) is 15.1 Å². The monoisotopic (exact) mass is 379 g/mol. The molecule has 1 heterocycles. The van der Waals surface area contributed by atoms with E-state index < -0.39 is 12.0 Å². The maximum atomic E-state index is 11.3. The summed E-state index contributed by atoms with van der Waals surface area (Å²) in [4.78, 5) is 11.3. The second kappa shape index (κ2) is 7.75. The van der Waals surface area contributed by atoms with Crippen LogP contribution in [0.2, 0.25) is 0 Å². The van der Waals surface area contributed by atoms with E-state index in [2.05, 4.69) is 26.3 Å². The number of nitrogens with zero attached hydrogens (tertiary/aromatic N) is 2. The summed E-state index contributed by atoms with van der Waals surface area (Å²) in [5.41, 5.74) is 2.87. The van der Waals surface area contributed by atoms with Crippen LogP contribution >= 0.6 is 15.9 Å². The second-order valence-corrected chi connectivity index (χ2v) is 6.98. The third-order valence-corrected chi connectivity index (χ3v) is 4.16. The van der Waals surface area contributed by atoms with Crippen LogP contribution in [0.1, 0.15) is 31.5 Å². The van der Waals surface area contributed by atoms with Gasteiger partial charge in [0.15, 0.2) is 0 Å². The first kappa shape index (κ1) is 17.7. The maximum absolute atomic E-state index is 11.3. The van der Waals surface area contributed by atoms with Crippen molar-refractivity contribution in [3.8, 4) is 5.69 Å². The Labute approximate surface area is 144 Å². The van der Waals surface area contributed by atoms with Crippen LogP contribution < -0.4 is 5.32 Å². The Bertz CT molecular complexity index is 665. The molecular weight excluding hydrogens is 358 g/mol. The highest BCUT2D eigenvalue weighted by molar-refractivity contribution is 9.10. The molecule has 2 rings (SSSR count). The van der Waals surface area contributed by atoms with Crippen LogP contribution in [0.3, 0.4) is 0 Å². The Morgan fingerprint density at radius 2 is 2.00 bits per heavy atom. The number of aromatic nitrogens is 2. The van der Waals surface area contributed by atoms with Crippen molar-refractivity contribution in [2.24, 2.45) is 5.92 Å². The van der Waals surface area contributed by atoms with E-state index in [4.69, 9.17) is 0 Å². The van der Waals surface area contributed by atoms with Crippen LogP contribution in [0.5, 0.6) is 0 Å². The van der Waals surface area contributed by atoms with Crippen molar-refractivity contribution in [2.75, 3.05) is 0 Å². The van der Waals surface area contributed by atoms with Crippen LogP contribution in [0.15, 0.2) is 34.9 Å². The predicted molar refractivity (Wildman–Crippen MR) is 93.7 cm³/mol. The van der Waals surface area contributed by atoms with E-state index in [0.29, 0.717) is 18.9 Å². The molecule has 6 heteroatoms. The normalized spacial score (nSPS) is 12.6. The van der Waals surface area contributed by atoms with Crippen molar-refractivity contribution < 1.29 is 9.90 Å². The zero-order chi connectivity index (χ0) is 17.0. The summed E-state index contributed by atoms with van der Waals surface area (Å²) in [7, 11) is 0. The molecule has 0 amide bonds. The lowest BCUT2D eigenvalue weighted by Gasteiger charge is -2.16. The van der Waals surface area contributed by atoms with Crippen molar-refractivity contribution in [3.63, 3.8) is 0 Å². The fraction of sp³-hybridized carbons (Fsp3) is 0.412. The molecule has 0 fully saturated rings. The summed E-state index contributed by atoms with van der Waals surface area (Å²) in [5.74, 6) is -0.480. The first-order chi connectivity index (χ1) is 10.9. The van der Waals surface area contributed by atoms with Gasteiger partial charge in [0.1, 0.15) is 6.04 Å². The highest BCUT2D eigenvalue weighted by atomic mass is 79.9. The standard InChI is InChI=1S/C17H22BrN3O2/c1-11(2)8-16(17(22)23)19-9-13-10-21(20-12(13)3)15-6-4-14(18)5-7-15/h4-7,10-11,16,19H,8-9H2,1-3H3,(H,22,23). The number of aliphatic carboxylic acids is 1. The third kappa shape index (κ3) is 4.91. The van der Waals surface area contributed by atoms with Gasteiger partial charge in [-0.05, 0) is 43.5 Å². The van der Waals surface area contributed by atoms with Crippen LogP contribution in [0.4, 0.5) is 0 Å². The van der Waals surface area contributed by atoms with Crippen LogP contribution in [-0.4, -0.2) is 26.9 Å². The SMILES string of the molecule is Cc1nn(-c2ccc(Br)cc2)cc1CNC(CC(C)C)C(=O)O. The summed E-state index contributed by atoms with van der Waals surface area (Å²) < 4.78 is 2.83. The minimum Gasteiger partial charge on any atom is -0.480 e. The fourth-order valence-corrected chi connectivity index (χ4v) is 2.64. The molecule has 1 aromatic carbocycles. The highest BCUT2D eigenvalue weighted by Crippen LogP contribution is 2.16. The molecule has 0 bridgehead atoms. The van der Waals surface area contributed by atoms with Crippen molar-refractivity contribution in [2.45, 2.75) is 39.8 Å². The smallest absolute Gasteiger partial charge is 0.320 e. The fourth-order valence-electron chi connectivity index (χ4n) is 2.37. The van der Waals surface area contributed by atoms with Crippen molar-refractivity contribution in [3.05, 3.63) is 46.2 Å². The molecule has 0 aliphatic heterocycles. The van der Waals surface area contributed by atoms with Crippen LogP contribution in [0.25, 0.3) is 5.69 Å². The van der Waals surface area contributed by atoms with Gasteiger partial charge in [-0.2, -0.15) is 5.10 Å². The average Bonchev–Trinajstić information content (AvgIpc) is 2.85. The van der Waals surface area contributed by atoms with E-state index in [1.807, 2.05) is 55.9 Å². The largest absolute Gasteiger partial charge is 0.480 e. The van der Waals surface area contributed by atoms with E-state index in [9.17, 15) is 9.90 Å². The first-order valence-electron chi connectivity index (χ1n) is 7.64. The Kier molecular flexibility index (Phi) is 5.96. The number of rotatable bonds is 7. The lowest BCUT2D eigenvalue weighted by Crippen LogP contribution is -2.37. The van der Waals surface area contributed by atoms with Gasteiger partial charge in [0.05, 0.1) is 11.4 Å². The van der Waals surface area contributed by atoms with Crippen molar-refractivity contribution >= 4 is 21.9 Å². The molecule has 124 valence electrons. The lowest BCUT2D eigenvalue weighted by atomic mass is 10.0. The summed E-state index contributed by atoms with van der Waals surface area (Å²) >= 11 is 3.42. The second-order valence-electron chi connectivity index (χ2n) is 6.06. The molecule has 2 N–H and O–H groups in total. The van der Waals surface area contributed by atoms with Gasteiger partial charge in [-0.1, -0.05) is 29.8 Å². The Hall–Kier alpha value is -1.66. The molecule has 1 atom stereocenters. The summed E-state index contributed by atoms with van der Waals surface area (Å²) in [6, 6.07) is 7.35. The topological polar surface area (TPSA) is 67.2 Å². The molecule has 5 nitrogen and oxygen atoms in total. The molecule has 0 saturated heterocycles. The minimum atomic E-state index is -0.809. The van der Waals surface area contributed by atoms with Gasteiger partial charge in [0, 0.05) is 22.8 Å². The number of nitrogens with one attached hydrogen (secondary N) is 1. The van der Waals surface area contributed by atoms with E-state index in [1.54, 1.807) is 0 Å². The molecule has 0 aliphatic carbocycles. The molecular formula is C17H22BrN3O2. The van der Waals surface area contributed by atoms with Gasteiger partial charge < -0.3 is 10.4 Å². The molecule has 0 saturated carbocycles. The van der Waals surface area contributed by atoms with Crippen LogP contribution in [0, 0.1) is 12.8 Å². The van der Waals surface area contributed by atoms with E-state index >= 15 is 0 Å². The number of carboxylic acid groups (broad SMARTS) is 1. The minimum absolute atomic E-state index is 0.329. The number of hydrogen-bond acceptors (Lipinski definition) is 3. The Morgan fingerprint density at radius 3 is 2.57 bits per heavy atom. The number of benzene rings is 1. The van der Waals surface area contributed by atoms with Crippen molar-refractivity contribution in [1.29, 1.82) is 0 Å². The van der Waals surface area contributed by atoms with E-state index in [1.165, 1.54) is 0 Å². The molecule has 0 radical (unpaired) electrons. The lowest BCUT2D eigenvalue weighted by molar-refractivity contribution is -0.140. The summed E-state index contributed by atoms with van der Waals surface area (Å²) in [6.07, 6.45) is 2.55. The summed E-state index contributed by atoms with van der Waals surface area (Å²) in [6.45, 7) is 6.47. The highest BCUT2D eigenvalue weighted by Gasteiger charge is 2.19. The molecule has 23 heavy (non-hydrogen) atoms. The summed E-state index contributed by atoms with van der Waals surface area (Å²) in [5, 5.41) is 16.9.